The number of phenols is 1. The number of benzene rings is 1. The third kappa shape index (κ3) is 2.54. The van der Waals surface area contributed by atoms with Gasteiger partial charge in [0, 0.05) is 5.92 Å². The lowest BCUT2D eigenvalue weighted by Gasteiger charge is -2.56. The fraction of sp³-hybridized carbons (Fsp3) is 0.364. The number of aromatic hydroxyl groups is 1. The molecule has 6 atom stereocenters. The number of halogens is 1. The maximum atomic E-state index is 13.8. The Labute approximate surface area is 192 Å². The Morgan fingerprint density at radius 3 is 2.36 bits per heavy atom. The first-order valence-electron chi connectivity index (χ1n) is 9.88. The van der Waals surface area contributed by atoms with Crippen LogP contribution in [-0.4, -0.2) is 85.3 Å². The molecule has 174 valence electrons. The summed E-state index contributed by atoms with van der Waals surface area (Å²) < 4.78 is 0. The third-order valence-corrected chi connectivity index (χ3v) is 7.45. The van der Waals surface area contributed by atoms with Gasteiger partial charge in [0.25, 0.3) is 5.91 Å². The molecule has 0 bridgehead atoms. The minimum Gasteiger partial charge on any atom is -0.508 e. The van der Waals surface area contributed by atoms with Gasteiger partial charge in [-0.15, -0.1) is 11.6 Å². The second-order valence-corrected chi connectivity index (χ2v) is 9.31. The molecule has 0 saturated heterocycles. The minimum atomic E-state index is -3.11. The monoisotopic (exact) mass is 476 g/mol. The van der Waals surface area contributed by atoms with Crippen molar-refractivity contribution in [3.8, 4) is 5.75 Å². The first-order valence-corrected chi connectivity index (χ1v) is 10.3. The van der Waals surface area contributed by atoms with E-state index in [9.17, 15) is 39.6 Å². The third-order valence-electron chi connectivity index (χ3n) is 6.87. The van der Waals surface area contributed by atoms with Crippen molar-refractivity contribution in [3.63, 3.8) is 0 Å². The number of phenolic OH excluding ortho intramolecular Hbond substituents is 1. The summed E-state index contributed by atoms with van der Waals surface area (Å²) in [6.45, 7) is 3.87. The average Bonchev–Trinajstić information content (AvgIpc) is 2.72. The molecule has 0 radical (unpaired) electrons. The molecular formula is C22H21ClN2O8. The number of amides is 1. The zero-order valence-corrected chi connectivity index (χ0v) is 18.3. The Kier molecular flexibility index (Phi) is 4.89. The van der Waals surface area contributed by atoms with E-state index >= 15 is 0 Å². The maximum Gasteiger partial charge on any atom is 0.255 e. The zero-order chi connectivity index (χ0) is 24.8. The number of nitrogens with zero attached hydrogens (tertiary/aromatic N) is 1. The number of Topliss-reactive ketones (excluding diaryl/α,β-unsaturated/α-hetero) is 3. The molecule has 33 heavy (non-hydrogen) atoms. The minimum absolute atomic E-state index is 0.0209. The number of ketones is 3. The second-order valence-electron chi connectivity index (χ2n) is 8.72. The summed E-state index contributed by atoms with van der Waals surface area (Å²) >= 11 is 6.59. The van der Waals surface area contributed by atoms with Crippen molar-refractivity contribution in [2.45, 2.75) is 22.6 Å². The SMILES string of the molecule is C=C1c2cccc(O)c2C(=O)C2(Cl)C(=O)[C@]3(O)C(O)=C(C(N)=O)C(=O)[C@@H](N(C)C)[C@@H]3[C@@H](O)C12. The van der Waals surface area contributed by atoms with Gasteiger partial charge in [-0.25, -0.2) is 0 Å². The van der Waals surface area contributed by atoms with E-state index in [1.165, 1.54) is 37.2 Å². The van der Waals surface area contributed by atoms with Crippen LogP contribution in [0.1, 0.15) is 15.9 Å². The highest BCUT2D eigenvalue weighted by Gasteiger charge is 2.75. The van der Waals surface area contributed by atoms with E-state index in [1.807, 2.05) is 0 Å². The zero-order valence-electron chi connectivity index (χ0n) is 17.6. The Hall–Kier alpha value is -3.05. The van der Waals surface area contributed by atoms with Crippen molar-refractivity contribution in [1.82, 2.24) is 4.90 Å². The Morgan fingerprint density at radius 2 is 1.82 bits per heavy atom. The van der Waals surface area contributed by atoms with Gasteiger partial charge in [-0.05, 0) is 31.3 Å². The number of hydrogen-bond donors (Lipinski definition) is 5. The van der Waals surface area contributed by atoms with Crippen LogP contribution in [-0.2, 0) is 14.4 Å². The van der Waals surface area contributed by atoms with E-state index in [0.29, 0.717) is 0 Å². The smallest absolute Gasteiger partial charge is 0.255 e. The Bertz CT molecular complexity index is 1210. The molecule has 1 aromatic rings. The van der Waals surface area contributed by atoms with Crippen LogP contribution in [0.4, 0.5) is 0 Å². The summed E-state index contributed by atoms with van der Waals surface area (Å²) in [6, 6.07) is 2.58. The van der Waals surface area contributed by atoms with Crippen molar-refractivity contribution in [2.75, 3.05) is 14.1 Å². The molecule has 6 N–H and O–H groups in total. The average molecular weight is 477 g/mol. The summed E-state index contributed by atoms with van der Waals surface area (Å²) in [4.78, 5) is 50.8. The summed E-state index contributed by atoms with van der Waals surface area (Å²) in [5.74, 6) is -10.1. The molecule has 1 fully saturated rings. The highest BCUT2D eigenvalue weighted by atomic mass is 35.5. The van der Waals surface area contributed by atoms with Crippen molar-refractivity contribution in [2.24, 2.45) is 17.6 Å². The molecule has 1 saturated carbocycles. The predicted molar refractivity (Wildman–Crippen MR) is 114 cm³/mol. The van der Waals surface area contributed by atoms with Gasteiger partial charge >= 0.3 is 0 Å². The van der Waals surface area contributed by atoms with Crippen LogP contribution in [0.15, 0.2) is 36.1 Å². The molecule has 0 heterocycles. The number of primary amides is 1. The number of carbonyl (C=O) groups excluding carboxylic acids is 4. The number of hydrogen-bond acceptors (Lipinski definition) is 9. The van der Waals surface area contributed by atoms with Crippen molar-refractivity contribution in [3.05, 3.63) is 47.2 Å². The van der Waals surface area contributed by atoms with Crippen LogP contribution in [0.3, 0.4) is 0 Å². The standard InChI is InChI=1S/C22H21ClN2O8/c1-7-8-5-4-6-9(26)10(8)17(29)21(23)12(7)16(28)13-14(25(2)3)15(27)11(19(24)31)18(30)22(13,33)20(21)32/h4-6,12-14,16,26,28,30,33H,1H2,2-3H3,(H2,24,31)/t12?,13-,14+,16+,21?,22-/m1/s1. The van der Waals surface area contributed by atoms with Crippen LogP contribution in [0, 0.1) is 11.8 Å². The lowest BCUT2D eigenvalue weighted by molar-refractivity contribution is -0.176. The summed E-state index contributed by atoms with van der Waals surface area (Å²) in [6.07, 6.45) is -1.86. The highest BCUT2D eigenvalue weighted by Crippen LogP contribution is 2.58. The molecule has 11 heteroatoms. The molecule has 0 aliphatic heterocycles. The van der Waals surface area contributed by atoms with Gasteiger partial charge in [0.15, 0.2) is 22.0 Å². The van der Waals surface area contributed by atoms with Gasteiger partial charge in [0.1, 0.15) is 17.1 Å². The number of likely N-dealkylation sites (N-methyl/N-ethyl adjacent to an activating group) is 1. The Morgan fingerprint density at radius 1 is 1.21 bits per heavy atom. The van der Waals surface area contributed by atoms with Gasteiger partial charge in [0.2, 0.25) is 5.78 Å². The number of carbonyl (C=O) groups is 4. The lowest BCUT2D eigenvalue weighted by Crippen LogP contribution is -2.77. The number of aliphatic hydroxyl groups excluding tert-OH is 2. The molecule has 4 rings (SSSR count). The summed E-state index contributed by atoms with van der Waals surface area (Å²) in [5, 5.41) is 44.0. The first-order chi connectivity index (χ1) is 15.2. The highest BCUT2D eigenvalue weighted by molar-refractivity contribution is 6.53. The van der Waals surface area contributed by atoms with Crippen LogP contribution in [0.2, 0.25) is 0 Å². The molecule has 0 spiro atoms. The fourth-order valence-electron chi connectivity index (χ4n) is 5.44. The fourth-order valence-corrected chi connectivity index (χ4v) is 5.94. The van der Waals surface area contributed by atoms with Crippen LogP contribution in [0.5, 0.6) is 5.75 Å². The lowest BCUT2D eigenvalue weighted by atomic mass is 9.52. The quantitative estimate of drug-likeness (QED) is 0.209. The molecule has 1 amide bonds. The molecule has 2 unspecified atom stereocenters. The van der Waals surface area contributed by atoms with Crippen molar-refractivity contribution in [1.29, 1.82) is 0 Å². The number of fused-ring (bicyclic) bond motifs is 3. The van der Waals surface area contributed by atoms with Gasteiger partial charge in [-0.1, -0.05) is 18.7 Å². The largest absolute Gasteiger partial charge is 0.508 e. The topological polar surface area (TPSA) is 178 Å². The van der Waals surface area contributed by atoms with E-state index in [4.69, 9.17) is 17.3 Å². The van der Waals surface area contributed by atoms with E-state index in [-0.39, 0.29) is 16.7 Å². The number of rotatable bonds is 2. The van der Waals surface area contributed by atoms with E-state index in [2.05, 4.69) is 6.58 Å². The number of nitrogens with two attached hydrogens (primary N) is 1. The second kappa shape index (κ2) is 6.97. The molecule has 10 nitrogen and oxygen atoms in total. The predicted octanol–water partition coefficient (Wildman–Crippen LogP) is -0.703. The van der Waals surface area contributed by atoms with Crippen LogP contribution < -0.4 is 5.73 Å². The van der Waals surface area contributed by atoms with E-state index < -0.39 is 74.8 Å². The molecule has 3 aliphatic carbocycles. The van der Waals surface area contributed by atoms with E-state index in [1.54, 1.807) is 0 Å². The number of aliphatic hydroxyl groups is 3. The molecule has 1 aromatic carbocycles. The number of alkyl halides is 1. The normalized spacial score (nSPS) is 35.9. The van der Waals surface area contributed by atoms with Gasteiger partial charge in [0.05, 0.1) is 23.6 Å². The van der Waals surface area contributed by atoms with Crippen molar-refractivity contribution < 1.29 is 39.6 Å². The van der Waals surface area contributed by atoms with Gasteiger partial charge in [-0.2, -0.15) is 0 Å². The first kappa shape index (κ1) is 23.1. The molecule has 0 aromatic heterocycles. The van der Waals surface area contributed by atoms with Crippen LogP contribution >= 0.6 is 11.6 Å². The maximum absolute atomic E-state index is 13.8. The van der Waals surface area contributed by atoms with Gasteiger partial charge in [-0.3, -0.25) is 24.1 Å². The van der Waals surface area contributed by atoms with Crippen molar-refractivity contribution >= 4 is 40.4 Å². The summed E-state index contributed by atoms with van der Waals surface area (Å²) in [7, 11) is 2.80. The summed E-state index contributed by atoms with van der Waals surface area (Å²) in [5.41, 5.74) is 0.919. The Balaban J connectivity index is 2.08. The van der Waals surface area contributed by atoms with Gasteiger partial charge < -0.3 is 26.2 Å². The van der Waals surface area contributed by atoms with Crippen LogP contribution in [0.25, 0.3) is 5.57 Å². The van der Waals surface area contributed by atoms with E-state index in [0.717, 1.165) is 0 Å². The molecule has 3 aliphatic rings. The molecular weight excluding hydrogens is 456 g/mol.